The molecule has 2 aromatic heterocycles. The van der Waals surface area contributed by atoms with E-state index in [1.54, 1.807) is 6.92 Å². The number of esters is 1. The van der Waals surface area contributed by atoms with Gasteiger partial charge in [-0.1, -0.05) is 25.6 Å². The Morgan fingerprint density at radius 3 is 2.73 bits per heavy atom. The van der Waals surface area contributed by atoms with Crippen LogP contribution in [0.15, 0.2) is 10.5 Å². The molecule has 4 rings (SSSR count). The van der Waals surface area contributed by atoms with Crippen LogP contribution in [0.2, 0.25) is 0 Å². The predicted molar refractivity (Wildman–Crippen MR) is 129 cm³/mol. The van der Waals surface area contributed by atoms with Crippen molar-refractivity contribution < 1.29 is 19.1 Å². The Morgan fingerprint density at radius 2 is 2.06 bits per heavy atom. The summed E-state index contributed by atoms with van der Waals surface area (Å²) in [7, 11) is 0. The van der Waals surface area contributed by atoms with E-state index in [-0.39, 0.29) is 17.6 Å². The molecule has 0 aromatic carbocycles. The molecular formula is C22H31N5O4S2. The molecule has 180 valence electrons. The van der Waals surface area contributed by atoms with Gasteiger partial charge in [0.1, 0.15) is 5.00 Å². The van der Waals surface area contributed by atoms with Crippen molar-refractivity contribution in [1.29, 1.82) is 0 Å². The van der Waals surface area contributed by atoms with Crippen LogP contribution >= 0.6 is 23.1 Å². The summed E-state index contributed by atoms with van der Waals surface area (Å²) in [4.78, 5) is 27.5. The van der Waals surface area contributed by atoms with Crippen LogP contribution in [0.3, 0.4) is 0 Å². The number of ether oxygens (including phenoxy) is 2. The van der Waals surface area contributed by atoms with Crippen molar-refractivity contribution in [3.63, 3.8) is 0 Å². The third kappa shape index (κ3) is 5.88. The van der Waals surface area contributed by atoms with Gasteiger partial charge in [-0.3, -0.25) is 9.36 Å². The molecule has 0 spiro atoms. The Labute approximate surface area is 202 Å². The Bertz CT molecular complexity index is 980. The normalized spacial score (nSPS) is 16.3. The van der Waals surface area contributed by atoms with Gasteiger partial charge in [-0.05, 0) is 42.5 Å². The van der Waals surface area contributed by atoms with Gasteiger partial charge in [-0.25, -0.2) is 4.79 Å². The Morgan fingerprint density at radius 1 is 1.30 bits per heavy atom. The zero-order valence-electron chi connectivity index (χ0n) is 19.3. The van der Waals surface area contributed by atoms with Crippen LogP contribution in [0.1, 0.15) is 55.5 Å². The molecule has 2 fully saturated rings. The first-order valence-corrected chi connectivity index (χ1v) is 13.3. The fourth-order valence-electron chi connectivity index (χ4n) is 3.77. The van der Waals surface area contributed by atoms with Gasteiger partial charge in [0, 0.05) is 19.6 Å². The summed E-state index contributed by atoms with van der Waals surface area (Å²) in [5, 5.41) is 15.0. The summed E-state index contributed by atoms with van der Waals surface area (Å²) in [6.45, 7) is 10.1. The minimum Gasteiger partial charge on any atom is -0.462 e. The molecule has 0 unspecified atom stereocenters. The predicted octanol–water partition coefficient (Wildman–Crippen LogP) is 3.62. The summed E-state index contributed by atoms with van der Waals surface area (Å²) in [6.07, 6.45) is 2.15. The number of carbonyl (C=O) groups excluding carboxylic acids is 2. The average Bonchev–Trinajstić information content (AvgIpc) is 3.44. The molecule has 1 saturated carbocycles. The molecule has 1 saturated heterocycles. The molecule has 0 radical (unpaired) electrons. The van der Waals surface area contributed by atoms with E-state index in [2.05, 4.69) is 38.8 Å². The lowest BCUT2D eigenvalue weighted by Crippen LogP contribution is -2.38. The van der Waals surface area contributed by atoms with Gasteiger partial charge in [0.05, 0.1) is 31.1 Å². The van der Waals surface area contributed by atoms with Crippen LogP contribution in [-0.2, 0) is 20.8 Å². The molecular weight excluding hydrogens is 462 g/mol. The number of hydrogen-bond donors (Lipinski definition) is 1. The Balaban J connectivity index is 1.44. The third-order valence-corrected chi connectivity index (χ3v) is 7.32. The molecule has 1 aliphatic heterocycles. The molecule has 1 N–H and O–H groups in total. The quantitative estimate of drug-likeness (QED) is 0.396. The van der Waals surface area contributed by atoms with E-state index in [0.717, 1.165) is 49.1 Å². The van der Waals surface area contributed by atoms with Gasteiger partial charge in [-0.15, -0.1) is 21.5 Å². The maximum absolute atomic E-state index is 12.8. The number of morpholine rings is 1. The van der Waals surface area contributed by atoms with E-state index < -0.39 is 0 Å². The van der Waals surface area contributed by atoms with Crippen molar-refractivity contribution in [3.8, 4) is 0 Å². The molecule has 3 heterocycles. The monoisotopic (exact) mass is 493 g/mol. The zero-order chi connectivity index (χ0) is 23.4. The molecule has 0 bridgehead atoms. The molecule has 1 aliphatic carbocycles. The van der Waals surface area contributed by atoms with Gasteiger partial charge < -0.3 is 19.7 Å². The lowest BCUT2D eigenvalue weighted by molar-refractivity contribution is -0.113. The van der Waals surface area contributed by atoms with Crippen LogP contribution < -0.4 is 10.2 Å². The lowest BCUT2D eigenvalue weighted by atomic mass is 10.1. The third-order valence-electron chi connectivity index (χ3n) is 5.44. The van der Waals surface area contributed by atoms with Gasteiger partial charge in [0.25, 0.3) is 0 Å². The highest BCUT2D eigenvalue weighted by Gasteiger charge is 2.32. The van der Waals surface area contributed by atoms with E-state index in [0.29, 0.717) is 42.2 Å². The van der Waals surface area contributed by atoms with E-state index in [9.17, 15) is 9.59 Å². The number of carbonyl (C=O) groups is 2. The molecule has 9 nitrogen and oxygen atoms in total. The second-order valence-electron chi connectivity index (χ2n) is 8.61. The number of rotatable bonds is 10. The first-order valence-electron chi connectivity index (χ1n) is 11.4. The minimum atomic E-state index is -0.365. The van der Waals surface area contributed by atoms with E-state index >= 15 is 0 Å². The molecule has 11 heteroatoms. The first kappa shape index (κ1) is 24.0. The zero-order valence-corrected chi connectivity index (χ0v) is 21.0. The number of aromatic nitrogens is 3. The van der Waals surface area contributed by atoms with E-state index in [4.69, 9.17) is 9.47 Å². The molecule has 33 heavy (non-hydrogen) atoms. The van der Waals surface area contributed by atoms with Crippen LogP contribution in [0.5, 0.6) is 0 Å². The van der Waals surface area contributed by atoms with Crippen molar-refractivity contribution in [2.24, 2.45) is 5.92 Å². The smallest absolute Gasteiger partial charge is 0.341 e. The highest BCUT2D eigenvalue weighted by atomic mass is 32.2. The number of nitrogens with one attached hydrogen (secondary N) is 1. The topological polar surface area (TPSA) is 98.6 Å². The molecule has 0 atom stereocenters. The van der Waals surface area contributed by atoms with Crippen molar-refractivity contribution in [3.05, 3.63) is 16.5 Å². The number of hydrogen-bond acceptors (Lipinski definition) is 9. The second kappa shape index (κ2) is 10.9. The number of amides is 1. The van der Waals surface area contributed by atoms with Crippen molar-refractivity contribution in [1.82, 2.24) is 14.8 Å². The van der Waals surface area contributed by atoms with Crippen molar-refractivity contribution >= 4 is 45.9 Å². The standard InChI is InChI=1S/C22H31N5O4S2/c1-4-31-20(29)18-16(15-5-6-15)12-32-19(18)23-17(28)13-33-22-25-24-21(27(22)11-14(2)3)26-7-9-30-10-8-26/h12,14-15H,4-11,13H2,1-3H3,(H,23,28). The average molecular weight is 494 g/mol. The number of thiophene rings is 1. The van der Waals surface area contributed by atoms with Crippen molar-refractivity contribution in [2.45, 2.75) is 51.2 Å². The Kier molecular flexibility index (Phi) is 7.92. The molecule has 2 aromatic rings. The largest absolute Gasteiger partial charge is 0.462 e. The maximum Gasteiger partial charge on any atom is 0.341 e. The lowest BCUT2D eigenvalue weighted by Gasteiger charge is -2.28. The number of thioether (sulfide) groups is 1. The van der Waals surface area contributed by atoms with Gasteiger partial charge >= 0.3 is 5.97 Å². The fourth-order valence-corrected chi connectivity index (χ4v) is 5.56. The Hall–Kier alpha value is -2.11. The van der Waals surface area contributed by atoms with Gasteiger partial charge in [-0.2, -0.15) is 0 Å². The highest BCUT2D eigenvalue weighted by molar-refractivity contribution is 7.99. The van der Waals surface area contributed by atoms with Crippen LogP contribution in [-0.4, -0.2) is 65.3 Å². The summed E-state index contributed by atoms with van der Waals surface area (Å²) in [5.74, 6) is 1.27. The van der Waals surface area contributed by atoms with Crippen LogP contribution in [0.25, 0.3) is 0 Å². The van der Waals surface area contributed by atoms with Crippen LogP contribution in [0, 0.1) is 5.92 Å². The summed E-state index contributed by atoms with van der Waals surface area (Å²) >= 11 is 2.75. The summed E-state index contributed by atoms with van der Waals surface area (Å²) in [6, 6.07) is 0. The SMILES string of the molecule is CCOC(=O)c1c(C2CC2)csc1NC(=O)CSc1nnc(N2CCOCC2)n1CC(C)C. The first-order chi connectivity index (χ1) is 16.0. The van der Waals surface area contributed by atoms with E-state index in [1.807, 2.05) is 5.38 Å². The minimum absolute atomic E-state index is 0.179. The van der Waals surface area contributed by atoms with Crippen molar-refractivity contribution in [2.75, 3.05) is 48.9 Å². The second-order valence-corrected chi connectivity index (χ2v) is 10.4. The van der Waals surface area contributed by atoms with Gasteiger partial charge in [0.2, 0.25) is 11.9 Å². The summed E-state index contributed by atoms with van der Waals surface area (Å²) in [5.41, 5.74) is 1.51. The molecule has 2 aliphatic rings. The fraction of sp³-hybridized carbons (Fsp3) is 0.636. The van der Waals surface area contributed by atoms with Crippen LogP contribution in [0.4, 0.5) is 10.9 Å². The highest BCUT2D eigenvalue weighted by Crippen LogP contribution is 2.46. The number of nitrogens with zero attached hydrogens (tertiary/aromatic N) is 4. The van der Waals surface area contributed by atoms with E-state index in [1.165, 1.54) is 23.1 Å². The molecule has 1 amide bonds. The summed E-state index contributed by atoms with van der Waals surface area (Å²) < 4.78 is 12.8. The number of anilines is 2. The maximum atomic E-state index is 12.8. The van der Waals surface area contributed by atoms with Gasteiger partial charge in [0.15, 0.2) is 5.16 Å².